The third-order valence-corrected chi connectivity index (χ3v) is 3.35. The molecule has 0 aliphatic rings. The van der Waals surface area contributed by atoms with Crippen molar-refractivity contribution in [1.82, 2.24) is 10.6 Å². The van der Waals surface area contributed by atoms with E-state index in [-0.39, 0.29) is 23.6 Å². The summed E-state index contributed by atoms with van der Waals surface area (Å²) in [5.74, 6) is -1.06. The highest BCUT2D eigenvalue weighted by molar-refractivity contribution is 6.34. The van der Waals surface area contributed by atoms with Crippen LogP contribution in [-0.2, 0) is 9.59 Å². The highest BCUT2D eigenvalue weighted by Gasteiger charge is 2.23. The first kappa shape index (κ1) is 18.0. The molecule has 0 bridgehead atoms. The van der Waals surface area contributed by atoms with E-state index >= 15 is 0 Å². The minimum absolute atomic E-state index is 0.0928. The van der Waals surface area contributed by atoms with Gasteiger partial charge in [0.1, 0.15) is 6.04 Å². The predicted octanol–water partition coefficient (Wildman–Crippen LogP) is 1.80. The fourth-order valence-electron chi connectivity index (χ4n) is 1.87. The third kappa shape index (κ3) is 4.73. The van der Waals surface area contributed by atoms with Gasteiger partial charge in [0, 0.05) is 19.5 Å². The van der Waals surface area contributed by atoms with Crippen LogP contribution in [-0.4, -0.2) is 30.8 Å². The van der Waals surface area contributed by atoms with Crippen LogP contribution in [0.15, 0.2) is 18.2 Å². The van der Waals surface area contributed by atoms with Gasteiger partial charge in [-0.15, -0.1) is 0 Å². The van der Waals surface area contributed by atoms with Gasteiger partial charge in [-0.05, 0) is 24.1 Å². The summed E-state index contributed by atoms with van der Waals surface area (Å²) in [6.07, 6.45) is 0. The second-order valence-electron chi connectivity index (χ2n) is 5.19. The van der Waals surface area contributed by atoms with Gasteiger partial charge in [0.05, 0.1) is 10.7 Å². The molecule has 3 N–H and O–H groups in total. The Morgan fingerprint density at radius 3 is 2.32 bits per heavy atom. The molecule has 1 rings (SSSR count). The zero-order valence-corrected chi connectivity index (χ0v) is 13.7. The summed E-state index contributed by atoms with van der Waals surface area (Å²) in [6.45, 7) is 4.99. The average Bonchev–Trinajstić information content (AvgIpc) is 2.45. The Hall–Kier alpha value is -2.08. The van der Waals surface area contributed by atoms with Crippen LogP contribution in [0.5, 0.6) is 0 Å². The van der Waals surface area contributed by atoms with Crippen LogP contribution in [0.25, 0.3) is 0 Å². The van der Waals surface area contributed by atoms with Crippen molar-refractivity contribution >= 4 is 35.0 Å². The Morgan fingerprint density at radius 1 is 1.18 bits per heavy atom. The molecule has 0 saturated heterocycles. The molecule has 1 atom stereocenters. The van der Waals surface area contributed by atoms with E-state index in [9.17, 15) is 14.4 Å². The first-order valence-electron chi connectivity index (χ1n) is 6.85. The van der Waals surface area contributed by atoms with Gasteiger partial charge in [0.15, 0.2) is 0 Å². The number of anilines is 1. The van der Waals surface area contributed by atoms with Crippen LogP contribution in [0.4, 0.5) is 5.69 Å². The summed E-state index contributed by atoms with van der Waals surface area (Å²) in [4.78, 5) is 35.1. The topological polar surface area (TPSA) is 87.3 Å². The maximum Gasteiger partial charge on any atom is 0.251 e. The Bertz CT molecular complexity index is 587. The molecule has 0 fully saturated rings. The van der Waals surface area contributed by atoms with Gasteiger partial charge in [-0.25, -0.2) is 0 Å². The largest absolute Gasteiger partial charge is 0.355 e. The van der Waals surface area contributed by atoms with Crippen LogP contribution in [0, 0.1) is 5.92 Å². The highest BCUT2D eigenvalue weighted by atomic mass is 35.5. The van der Waals surface area contributed by atoms with E-state index in [0.29, 0.717) is 16.3 Å². The van der Waals surface area contributed by atoms with Crippen molar-refractivity contribution in [3.8, 4) is 0 Å². The van der Waals surface area contributed by atoms with E-state index in [1.807, 2.05) is 13.8 Å². The number of halogens is 1. The normalized spacial score (nSPS) is 11.7. The first-order valence-corrected chi connectivity index (χ1v) is 7.23. The second kappa shape index (κ2) is 7.79. The van der Waals surface area contributed by atoms with Crippen molar-refractivity contribution in [2.24, 2.45) is 5.92 Å². The molecule has 0 aliphatic heterocycles. The lowest BCUT2D eigenvalue weighted by molar-refractivity contribution is -0.126. The van der Waals surface area contributed by atoms with Gasteiger partial charge < -0.3 is 16.0 Å². The molecule has 7 heteroatoms. The molecule has 1 aromatic rings. The highest BCUT2D eigenvalue weighted by Crippen LogP contribution is 2.23. The van der Waals surface area contributed by atoms with Gasteiger partial charge >= 0.3 is 0 Å². The molecule has 0 heterocycles. The molecule has 1 unspecified atom stereocenters. The zero-order valence-electron chi connectivity index (χ0n) is 13.0. The number of hydrogen-bond donors (Lipinski definition) is 3. The van der Waals surface area contributed by atoms with Crippen molar-refractivity contribution in [2.75, 3.05) is 12.4 Å². The molecular formula is C15H20ClN3O3. The molecule has 3 amide bonds. The Kier molecular flexibility index (Phi) is 6.37. The van der Waals surface area contributed by atoms with Gasteiger partial charge in [0.25, 0.3) is 5.91 Å². The lowest BCUT2D eigenvalue weighted by Gasteiger charge is -2.21. The minimum atomic E-state index is -0.683. The Morgan fingerprint density at radius 2 is 1.82 bits per heavy atom. The van der Waals surface area contributed by atoms with E-state index in [2.05, 4.69) is 16.0 Å². The van der Waals surface area contributed by atoms with Gasteiger partial charge in [-0.3, -0.25) is 14.4 Å². The number of hydrogen-bond acceptors (Lipinski definition) is 3. The van der Waals surface area contributed by atoms with Crippen molar-refractivity contribution < 1.29 is 14.4 Å². The average molecular weight is 326 g/mol. The van der Waals surface area contributed by atoms with Crippen molar-refractivity contribution in [3.05, 3.63) is 28.8 Å². The van der Waals surface area contributed by atoms with Crippen molar-refractivity contribution in [3.63, 3.8) is 0 Å². The van der Waals surface area contributed by atoms with Crippen LogP contribution >= 0.6 is 11.6 Å². The van der Waals surface area contributed by atoms with Gasteiger partial charge in [0.2, 0.25) is 11.8 Å². The summed E-state index contributed by atoms with van der Waals surface area (Å²) in [7, 11) is 1.51. The number of benzene rings is 1. The molecule has 0 radical (unpaired) electrons. The maximum absolute atomic E-state index is 12.3. The monoisotopic (exact) mass is 325 g/mol. The summed E-state index contributed by atoms with van der Waals surface area (Å²) in [5, 5.41) is 8.05. The third-order valence-electron chi connectivity index (χ3n) is 3.02. The quantitative estimate of drug-likeness (QED) is 0.771. The standard InChI is InChI=1S/C15H20ClN3O3/c1-8(2)13(18-9(3)20)15(22)19-12-7-10(14(21)17-4)5-6-11(12)16/h5-8,13H,1-4H3,(H,17,21)(H,18,20)(H,19,22). The summed E-state index contributed by atoms with van der Waals surface area (Å²) in [6, 6.07) is 3.90. The molecule has 6 nitrogen and oxygen atoms in total. The lowest BCUT2D eigenvalue weighted by Crippen LogP contribution is -2.46. The summed E-state index contributed by atoms with van der Waals surface area (Å²) in [5.41, 5.74) is 0.701. The van der Waals surface area contributed by atoms with Crippen molar-refractivity contribution in [1.29, 1.82) is 0 Å². The molecule has 0 aliphatic carbocycles. The van der Waals surface area contributed by atoms with Crippen LogP contribution in [0.2, 0.25) is 5.02 Å². The Labute approximate surface area is 134 Å². The SMILES string of the molecule is CNC(=O)c1ccc(Cl)c(NC(=O)C(NC(C)=O)C(C)C)c1. The van der Waals surface area contributed by atoms with Gasteiger partial charge in [-0.1, -0.05) is 25.4 Å². The molecule has 0 spiro atoms. The van der Waals surface area contributed by atoms with Crippen molar-refractivity contribution in [2.45, 2.75) is 26.8 Å². The minimum Gasteiger partial charge on any atom is -0.355 e. The molecule has 1 aromatic carbocycles. The van der Waals surface area contributed by atoms with E-state index in [1.165, 1.54) is 26.1 Å². The smallest absolute Gasteiger partial charge is 0.251 e. The maximum atomic E-state index is 12.3. The van der Waals surface area contributed by atoms with E-state index < -0.39 is 6.04 Å². The molecular weight excluding hydrogens is 306 g/mol. The van der Waals surface area contributed by atoms with E-state index in [0.717, 1.165) is 0 Å². The number of rotatable bonds is 5. The fraction of sp³-hybridized carbons (Fsp3) is 0.400. The molecule has 22 heavy (non-hydrogen) atoms. The number of amides is 3. The van der Waals surface area contributed by atoms with Crippen LogP contribution < -0.4 is 16.0 Å². The predicted molar refractivity (Wildman–Crippen MR) is 85.9 cm³/mol. The summed E-state index contributed by atoms with van der Waals surface area (Å²) >= 11 is 6.04. The fourth-order valence-corrected chi connectivity index (χ4v) is 2.04. The lowest BCUT2D eigenvalue weighted by atomic mass is 10.0. The summed E-state index contributed by atoms with van der Waals surface area (Å²) < 4.78 is 0. The van der Waals surface area contributed by atoms with E-state index in [1.54, 1.807) is 6.07 Å². The second-order valence-corrected chi connectivity index (χ2v) is 5.59. The Balaban J connectivity index is 2.99. The van der Waals surface area contributed by atoms with Crippen LogP contribution in [0.3, 0.4) is 0 Å². The zero-order chi connectivity index (χ0) is 16.9. The van der Waals surface area contributed by atoms with Crippen LogP contribution in [0.1, 0.15) is 31.1 Å². The molecule has 120 valence electrons. The van der Waals surface area contributed by atoms with Gasteiger partial charge in [-0.2, -0.15) is 0 Å². The number of carbonyl (C=O) groups is 3. The number of nitrogens with one attached hydrogen (secondary N) is 3. The van der Waals surface area contributed by atoms with E-state index in [4.69, 9.17) is 11.6 Å². The molecule has 0 aromatic heterocycles. The molecule has 0 saturated carbocycles. The first-order chi connectivity index (χ1) is 10.3. The number of carbonyl (C=O) groups excluding carboxylic acids is 3.